The van der Waals surface area contributed by atoms with Gasteiger partial charge in [0.25, 0.3) is 0 Å². The summed E-state index contributed by atoms with van der Waals surface area (Å²) in [5.74, 6) is 0. The molecule has 0 bridgehead atoms. The molecule has 2 nitrogen and oxygen atoms in total. The molecule has 3 rings (SSSR count). The Balaban J connectivity index is 2.20. The van der Waals surface area contributed by atoms with Crippen LogP contribution in [0, 0.1) is 0 Å². The first-order valence-corrected chi connectivity index (χ1v) is 7.72. The lowest BCUT2D eigenvalue weighted by molar-refractivity contribution is 0.502. The molecule has 0 amide bonds. The van der Waals surface area contributed by atoms with Gasteiger partial charge in [0.2, 0.25) is 0 Å². The molecule has 1 aromatic carbocycles. The zero-order valence-corrected chi connectivity index (χ0v) is 12.6. The Morgan fingerprint density at radius 2 is 1.90 bits per heavy atom. The lowest BCUT2D eigenvalue weighted by Gasteiger charge is -2.31. The van der Waals surface area contributed by atoms with Crippen LogP contribution in [0.2, 0.25) is 0 Å². The molecule has 1 unspecified atom stereocenters. The molecule has 0 radical (unpaired) electrons. The average molecular weight is 278 g/mol. The molecule has 1 heterocycles. The maximum Gasteiger partial charge on any atom is 0.0774 e. The number of hydrogen-bond donors (Lipinski definition) is 1. The smallest absolute Gasteiger partial charge is 0.0774 e. The van der Waals surface area contributed by atoms with Gasteiger partial charge in [-0.25, -0.2) is 0 Å². The van der Waals surface area contributed by atoms with E-state index in [-0.39, 0.29) is 5.41 Å². The molecule has 1 aliphatic carbocycles. The molecular formula is C19H22N2. The van der Waals surface area contributed by atoms with Crippen molar-refractivity contribution in [3.8, 4) is 11.1 Å². The van der Waals surface area contributed by atoms with Crippen molar-refractivity contribution < 1.29 is 0 Å². The summed E-state index contributed by atoms with van der Waals surface area (Å²) in [5.41, 5.74) is 11.5. The minimum atomic E-state index is -0.317. The van der Waals surface area contributed by atoms with E-state index in [0.29, 0.717) is 5.70 Å². The molecule has 1 atom stereocenters. The van der Waals surface area contributed by atoms with Crippen LogP contribution in [0.25, 0.3) is 11.1 Å². The zero-order valence-electron chi connectivity index (χ0n) is 12.6. The second kappa shape index (κ2) is 5.36. The summed E-state index contributed by atoms with van der Waals surface area (Å²) >= 11 is 0. The van der Waals surface area contributed by atoms with E-state index in [4.69, 9.17) is 5.73 Å². The Labute approximate surface area is 126 Å². The van der Waals surface area contributed by atoms with Gasteiger partial charge in [0.1, 0.15) is 0 Å². The van der Waals surface area contributed by atoms with Crippen LogP contribution in [0.5, 0.6) is 0 Å². The number of rotatable bonds is 5. The van der Waals surface area contributed by atoms with Crippen LogP contribution >= 0.6 is 0 Å². The summed E-state index contributed by atoms with van der Waals surface area (Å²) in [6.07, 6.45) is 6.39. The van der Waals surface area contributed by atoms with Crippen molar-refractivity contribution in [1.82, 2.24) is 4.98 Å². The van der Waals surface area contributed by atoms with Gasteiger partial charge in [-0.2, -0.15) is 0 Å². The first kappa shape index (κ1) is 13.9. The van der Waals surface area contributed by atoms with Crippen LogP contribution in [0.15, 0.2) is 54.9 Å². The third-order valence-corrected chi connectivity index (χ3v) is 4.59. The maximum absolute atomic E-state index is 6.31. The molecule has 2 N–H and O–H groups in total. The van der Waals surface area contributed by atoms with E-state index in [1.807, 2.05) is 12.3 Å². The molecule has 0 spiro atoms. The molecule has 0 aliphatic heterocycles. The van der Waals surface area contributed by atoms with Gasteiger partial charge in [0, 0.05) is 17.5 Å². The lowest BCUT2D eigenvalue weighted by Crippen LogP contribution is -2.32. The second-order valence-electron chi connectivity index (χ2n) is 5.83. The highest BCUT2D eigenvalue weighted by molar-refractivity contribution is 5.81. The maximum atomic E-state index is 6.31. The van der Waals surface area contributed by atoms with E-state index < -0.39 is 0 Å². The number of nitrogens with zero attached hydrogens (tertiary/aromatic N) is 1. The first-order valence-electron chi connectivity index (χ1n) is 7.72. The van der Waals surface area contributed by atoms with Crippen molar-refractivity contribution in [2.75, 3.05) is 0 Å². The van der Waals surface area contributed by atoms with Gasteiger partial charge in [0.05, 0.1) is 11.1 Å². The van der Waals surface area contributed by atoms with E-state index in [1.54, 1.807) is 0 Å². The van der Waals surface area contributed by atoms with E-state index in [0.717, 1.165) is 18.5 Å². The highest BCUT2D eigenvalue weighted by Crippen LogP contribution is 2.52. The van der Waals surface area contributed by atoms with Crippen molar-refractivity contribution in [2.24, 2.45) is 5.73 Å². The van der Waals surface area contributed by atoms with Crippen LogP contribution in [0.1, 0.15) is 43.9 Å². The number of benzene rings is 1. The number of allylic oxidation sites excluding steroid dienone is 1. The summed E-state index contributed by atoms with van der Waals surface area (Å²) in [6.45, 7) is 6.34. The van der Waals surface area contributed by atoms with Gasteiger partial charge in [0.15, 0.2) is 0 Å². The highest BCUT2D eigenvalue weighted by atomic mass is 14.8. The number of unbranched alkanes of at least 4 members (excludes halogenated alkanes) is 2. The number of hydrogen-bond acceptors (Lipinski definition) is 2. The van der Waals surface area contributed by atoms with Gasteiger partial charge < -0.3 is 5.73 Å². The van der Waals surface area contributed by atoms with Gasteiger partial charge >= 0.3 is 0 Å². The molecule has 108 valence electrons. The third-order valence-electron chi connectivity index (χ3n) is 4.59. The molecule has 21 heavy (non-hydrogen) atoms. The minimum Gasteiger partial charge on any atom is -0.401 e. The van der Waals surface area contributed by atoms with Crippen molar-refractivity contribution in [1.29, 1.82) is 0 Å². The number of aromatic nitrogens is 1. The number of fused-ring (bicyclic) bond motifs is 3. The fraction of sp³-hybridized carbons (Fsp3) is 0.316. The fourth-order valence-electron chi connectivity index (χ4n) is 3.56. The van der Waals surface area contributed by atoms with E-state index in [9.17, 15) is 0 Å². The highest BCUT2D eigenvalue weighted by Gasteiger charge is 2.45. The molecule has 1 aromatic heterocycles. The number of nitrogens with two attached hydrogens (primary N) is 1. The van der Waals surface area contributed by atoms with E-state index in [1.165, 1.54) is 29.5 Å². The molecular weight excluding hydrogens is 256 g/mol. The topological polar surface area (TPSA) is 38.9 Å². The zero-order chi connectivity index (χ0) is 14.9. The van der Waals surface area contributed by atoms with Gasteiger partial charge in [-0.05, 0) is 23.6 Å². The third kappa shape index (κ3) is 1.98. The predicted octanol–water partition coefficient (Wildman–Crippen LogP) is 4.40. The number of pyridine rings is 1. The van der Waals surface area contributed by atoms with Crippen molar-refractivity contribution in [3.05, 3.63) is 66.1 Å². The summed E-state index contributed by atoms with van der Waals surface area (Å²) in [4.78, 5) is 4.69. The van der Waals surface area contributed by atoms with Crippen LogP contribution < -0.4 is 5.73 Å². The van der Waals surface area contributed by atoms with Gasteiger partial charge in [-0.1, -0.05) is 63.1 Å². The molecule has 0 saturated carbocycles. The quantitative estimate of drug-likeness (QED) is 0.823. The Morgan fingerprint density at radius 3 is 2.67 bits per heavy atom. The second-order valence-corrected chi connectivity index (χ2v) is 5.83. The minimum absolute atomic E-state index is 0.317. The SMILES string of the molecule is C=C(N)C1(CCCCC)c2ccccc2-c2cccnc21. The van der Waals surface area contributed by atoms with Crippen LogP contribution in [-0.2, 0) is 5.41 Å². The molecule has 1 aliphatic rings. The Morgan fingerprint density at radius 1 is 1.14 bits per heavy atom. The first-order chi connectivity index (χ1) is 10.2. The molecule has 0 fully saturated rings. The standard InChI is InChI=1S/C19H22N2/c1-3-4-7-12-19(14(2)20)17-11-6-5-9-15(17)16-10-8-13-21-18(16)19/h5-6,8-11,13H,2-4,7,12,20H2,1H3. The van der Waals surface area contributed by atoms with Gasteiger partial charge in [-0.15, -0.1) is 0 Å². The Hall–Kier alpha value is -2.09. The Bertz CT molecular complexity index is 627. The molecule has 2 heteroatoms. The predicted molar refractivity (Wildman–Crippen MR) is 87.9 cm³/mol. The van der Waals surface area contributed by atoms with Crippen molar-refractivity contribution in [2.45, 2.75) is 38.0 Å². The van der Waals surface area contributed by atoms with Crippen molar-refractivity contribution >= 4 is 0 Å². The fourth-order valence-corrected chi connectivity index (χ4v) is 3.56. The van der Waals surface area contributed by atoms with Crippen molar-refractivity contribution in [3.63, 3.8) is 0 Å². The largest absolute Gasteiger partial charge is 0.401 e. The van der Waals surface area contributed by atoms with E-state index >= 15 is 0 Å². The van der Waals surface area contributed by atoms with Gasteiger partial charge in [-0.3, -0.25) is 4.98 Å². The lowest BCUT2D eigenvalue weighted by atomic mass is 9.74. The Kier molecular flexibility index (Phi) is 3.54. The summed E-state index contributed by atoms with van der Waals surface area (Å²) in [6, 6.07) is 12.7. The summed E-state index contributed by atoms with van der Waals surface area (Å²) < 4.78 is 0. The average Bonchev–Trinajstić information content (AvgIpc) is 2.80. The normalized spacial score (nSPS) is 19.1. The summed E-state index contributed by atoms with van der Waals surface area (Å²) in [5, 5.41) is 0. The van der Waals surface area contributed by atoms with Crippen LogP contribution in [0.4, 0.5) is 0 Å². The molecule has 2 aromatic rings. The van der Waals surface area contributed by atoms with Crippen LogP contribution in [0.3, 0.4) is 0 Å². The summed E-state index contributed by atoms with van der Waals surface area (Å²) in [7, 11) is 0. The monoisotopic (exact) mass is 278 g/mol. The molecule has 0 saturated heterocycles. The van der Waals surface area contributed by atoms with E-state index in [2.05, 4.69) is 48.8 Å². The van der Waals surface area contributed by atoms with Crippen LogP contribution in [-0.4, -0.2) is 4.98 Å².